The predicted molar refractivity (Wildman–Crippen MR) is 83.3 cm³/mol. The van der Waals surface area contributed by atoms with E-state index in [-0.39, 0.29) is 6.04 Å². The Bertz CT molecular complexity index is 586. The second-order valence-electron chi connectivity index (χ2n) is 4.33. The quantitative estimate of drug-likeness (QED) is 0.575. The molecule has 0 aliphatic rings. The molecular weight excluding hydrogens is 298 g/mol. The van der Waals surface area contributed by atoms with Gasteiger partial charge in [0.05, 0.1) is 10.4 Å². The van der Waals surface area contributed by atoms with E-state index in [0.29, 0.717) is 17.8 Å². The molecule has 0 bridgehead atoms. The first kappa shape index (κ1) is 14.8. The number of thiophene rings is 1. The van der Waals surface area contributed by atoms with E-state index in [0.717, 1.165) is 9.21 Å². The maximum Gasteiger partial charge on any atom is 0.243 e. The van der Waals surface area contributed by atoms with Gasteiger partial charge in [-0.15, -0.1) is 11.3 Å². The van der Waals surface area contributed by atoms with Crippen LogP contribution >= 0.6 is 22.9 Å². The highest BCUT2D eigenvalue weighted by Gasteiger charge is 2.12. The molecule has 0 aliphatic carbocycles. The first-order chi connectivity index (χ1) is 9.49. The van der Waals surface area contributed by atoms with Crippen LogP contribution in [0.15, 0.2) is 12.1 Å². The van der Waals surface area contributed by atoms with Gasteiger partial charge in [0.1, 0.15) is 0 Å². The minimum absolute atomic E-state index is 0.0375. The molecule has 2 rings (SSSR count). The SMILES string of the molecule is CC(Nc1nc(NN)nc(N(C)C)n1)c1ccc(Cl)s1. The Morgan fingerprint density at radius 1 is 1.25 bits per heavy atom. The average Bonchev–Trinajstić information content (AvgIpc) is 2.85. The van der Waals surface area contributed by atoms with Crippen molar-refractivity contribution in [2.24, 2.45) is 5.84 Å². The van der Waals surface area contributed by atoms with Crippen LogP contribution in [0.2, 0.25) is 4.34 Å². The van der Waals surface area contributed by atoms with E-state index in [1.54, 1.807) is 4.90 Å². The van der Waals surface area contributed by atoms with E-state index in [4.69, 9.17) is 17.4 Å². The number of hydrogen-bond donors (Lipinski definition) is 3. The molecule has 9 heteroatoms. The number of nitrogens with zero attached hydrogens (tertiary/aromatic N) is 4. The Kier molecular flexibility index (Phi) is 4.58. The molecular formula is C11H16ClN7S. The minimum Gasteiger partial charge on any atom is -0.347 e. The number of anilines is 3. The van der Waals surface area contributed by atoms with Crippen molar-refractivity contribution < 1.29 is 0 Å². The van der Waals surface area contributed by atoms with E-state index in [1.165, 1.54) is 11.3 Å². The molecule has 2 aromatic heterocycles. The summed E-state index contributed by atoms with van der Waals surface area (Å²) in [6, 6.07) is 3.88. The van der Waals surface area contributed by atoms with Gasteiger partial charge >= 0.3 is 0 Å². The van der Waals surface area contributed by atoms with Crippen molar-refractivity contribution in [2.45, 2.75) is 13.0 Å². The third-order valence-corrected chi connectivity index (χ3v) is 3.93. The van der Waals surface area contributed by atoms with Gasteiger partial charge in [0.15, 0.2) is 0 Å². The molecule has 0 spiro atoms. The zero-order valence-electron chi connectivity index (χ0n) is 11.4. The monoisotopic (exact) mass is 313 g/mol. The molecule has 4 N–H and O–H groups in total. The van der Waals surface area contributed by atoms with Crippen LogP contribution in [-0.2, 0) is 0 Å². The van der Waals surface area contributed by atoms with Gasteiger partial charge in [0.25, 0.3) is 0 Å². The van der Waals surface area contributed by atoms with Gasteiger partial charge in [-0.2, -0.15) is 15.0 Å². The van der Waals surface area contributed by atoms with Crippen LogP contribution in [0.5, 0.6) is 0 Å². The van der Waals surface area contributed by atoms with Gasteiger partial charge in [0.2, 0.25) is 17.8 Å². The summed E-state index contributed by atoms with van der Waals surface area (Å²) in [4.78, 5) is 15.5. The maximum absolute atomic E-state index is 5.94. The number of hydrogen-bond acceptors (Lipinski definition) is 8. The van der Waals surface area contributed by atoms with Crippen LogP contribution in [0.25, 0.3) is 0 Å². The van der Waals surface area contributed by atoms with Crippen LogP contribution in [0.3, 0.4) is 0 Å². The van der Waals surface area contributed by atoms with Crippen LogP contribution in [-0.4, -0.2) is 29.0 Å². The van der Waals surface area contributed by atoms with Crippen LogP contribution in [0.4, 0.5) is 17.8 Å². The van der Waals surface area contributed by atoms with Crippen molar-refractivity contribution in [1.29, 1.82) is 0 Å². The molecule has 0 radical (unpaired) electrons. The molecule has 0 aliphatic heterocycles. The van der Waals surface area contributed by atoms with Gasteiger partial charge in [-0.3, -0.25) is 5.43 Å². The largest absolute Gasteiger partial charge is 0.347 e. The summed E-state index contributed by atoms with van der Waals surface area (Å²) in [6.07, 6.45) is 0. The normalized spacial score (nSPS) is 12.1. The van der Waals surface area contributed by atoms with E-state index in [1.807, 2.05) is 33.2 Å². The molecule has 20 heavy (non-hydrogen) atoms. The number of rotatable bonds is 5. The third kappa shape index (κ3) is 3.47. The van der Waals surface area contributed by atoms with E-state index in [9.17, 15) is 0 Å². The summed E-state index contributed by atoms with van der Waals surface area (Å²) in [5, 5.41) is 3.21. The third-order valence-electron chi connectivity index (χ3n) is 2.52. The lowest BCUT2D eigenvalue weighted by molar-refractivity contribution is 0.863. The number of hydrazine groups is 1. The first-order valence-electron chi connectivity index (χ1n) is 5.91. The molecule has 108 valence electrons. The Hall–Kier alpha value is -1.64. The highest BCUT2D eigenvalue weighted by Crippen LogP contribution is 2.28. The van der Waals surface area contributed by atoms with Gasteiger partial charge in [-0.1, -0.05) is 11.6 Å². The zero-order valence-corrected chi connectivity index (χ0v) is 13.0. The maximum atomic E-state index is 5.94. The summed E-state index contributed by atoms with van der Waals surface area (Å²) in [7, 11) is 3.70. The standard InChI is InChI=1S/C11H16ClN7S/c1-6(7-4-5-8(12)20-7)14-9-15-10(18-13)17-11(16-9)19(2)3/h4-6H,13H2,1-3H3,(H2,14,15,16,17,18). The summed E-state index contributed by atoms with van der Waals surface area (Å²) in [6.45, 7) is 2.01. The number of nitrogens with two attached hydrogens (primary N) is 1. The second kappa shape index (κ2) is 6.21. The molecule has 1 atom stereocenters. The Morgan fingerprint density at radius 2 is 1.95 bits per heavy atom. The van der Waals surface area contributed by atoms with E-state index < -0.39 is 0 Å². The second-order valence-corrected chi connectivity index (χ2v) is 6.08. The molecule has 2 heterocycles. The van der Waals surface area contributed by atoms with Crippen molar-refractivity contribution in [3.8, 4) is 0 Å². The molecule has 0 fully saturated rings. The van der Waals surface area contributed by atoms with Crippen LogP contribution in [0.1, 0.15) is 17.8 Å². The fourth-order valence-electron chi connectivity index (χ4n) is 1.52. The van der Waals surface area contributed by atoms with Crippen molar-refractivity contribution in [2.75, 3.05) is 29.7 Å². The minimum atomic E-state index is 0.0375. The Labute approximate surface area is 126 Å². The fourth-order valence-corrected chi connectivity index (χ4v) is 2.58. The van der Waals surface area contributed by atoms with Crippen molar-refractivity contribution in [3.63, 3.8) is 0 Å². The van der Waals surface area contributed by atoms with Gasteiger partial charge in [-0.05, 0) is 19.1 Å². The first-order valence-corrected chi connectivity index (χ1v) is 7.11. The predicted octanol–water partition coefficient (Wildman–Crippen LogP) is 2.11. The van der Waals surface area contributed by atoms with Gasteiger partial charge in [0, 0.05) is 19.0 Å². The topological polar surface area (TPSA) is 92.0 Å². The average molecular weight is 314 g/mol. The highest BCUT2D eigenvalue weighted by atomic mass is 35.5. The molecule has 7 nitrogen and oxygen atoms in total. The number of aromatic nitrogens is 3. The number of nitrogens with one attached hydrogen (secondary N) is 2. The molecule has 0 aromatic carbocycles. The van der Waals surface area contributed by atoms with Crippen LogP contribution < -0.4 is 21.5 Å². The smallest absolute Gasteiger partial charge is 0.243 e. The lowest BCUT2D eigenvalue weighted by Gasteiger charge is -2.15. The zero-order chi connectivity index (χ0) is 14.7. The van der Waals surface area contributed by atoms with Gasteiger partial charge < -0.3 is 10.2 Å². The summed E-state index contributed by atoms with van der Waals surface area (Å²) in [5.41, 5.74) is 2.43. The number of nitrogen functional groups attached to an aromatic ring is 1. The Morgan fingerprint density at radius 3 is 2.50 bits per heavy atom. The summed E-state index contributed by atoms with van der Waals surface area (Å²) in [5.74, 6) is 6.65. The van der Waals surface area contributed by atoms with Crippen LogP contribution in [0, 0.1) is 0 Å². The number of halogens is 1. The lowest BCUT2D eigenvalue weighted by Crippen LogP contribution is -2.19. The molecule has 2 aromatic rings. The lowest BCUT2D eigenvalue weighted by atomic mass is 10.3. The molecule has 1 unspecified atom stereocenters. The summed E-state index contributed by atoms with van der Waals surface area (Å²) >= 11 is 7.45. The van der Waals surface area contributed by atoms with Crippen molar-refractivity contribution >= 4 is 40.8 Å². The van der Waals surface area contributed by atoms with Gasteiger partial charge in [-0.25, -0.2) is 5.84 Å². The highest BCUT2D eigenvalue weighted by molar-refractivity contribution is 7.16. The fraction of sp³-hybridized carbons (Fsp3) is 0.364. The Balaban J connectivity index is 2.21. The molecule has 0 saturated carbocycles. The van der Waals surface area contributed by atoms with E-state index >= 15 is 0 Å². The molecule has 0 amide bonds. The summed E-state index contributed by atoms with van der Waals surface area (Å²) < 4.78 is 0.752. The van der Waals surface area contributed by atoms with E-state index in [2.05, 4.69) is 25.7 Å². The van der Waals surface area contributed by atoms with Crippen molar-refractivity contribution in [1.82, 2.24) is 15.0 Å². The molecule has 0 saturated heterocycles. The van der Waals surface area contributed by atoms with Crippen molar-refractivity contribution in [3.05, 3.63) is 21.3 Å².